The van der Waals surface area contributed by atoms with E-state index in [-0.39, 0.29) is 11.3 Å². The summed E-state index contributed by atoms with van der Waals surface area (Å²) in [5, 5.41) is 13.5. The number of aromatic nitrogens is 1. The molecule has 0 unspecified atom stereocenters. The van der Waals surface area contributed by atoms with Crippen LogP contribution in [0.3, 0.4) is 0 Å². The van der Waals surface area contributed by atoms with E-state index in [1.54, 1.807) is 67.5 Å². The summed E-state index contributed by atoms with van der Waals surface area (Å²) in [5.41, 5.74) is 2.78. The van der Waals surface area contributed by atoms with Crippen LogP contribution in [0.25, 0.3) is 0 Å². The van der Waals surface area contributed by atoms with Gasteiger partial charge in [-0.15, -0.1) is 0 Å². The van der Waals surface area contributed by atoms with Crippen LogP contribution >= 0.6 is 0 Å². The Morgan fingerprint density at radius 3 is 2.24 bits per heavy atom. The summed E-state index contributed by atoms with van der Waals surface area (Å²) in [4.78, 5) is 31.7. The number of carbonyl (C=O) groups is 2. The lowest BCUT2D eigenvalue weighted by Crippen LogP contribution is -2.22. The zero-order valence-electron chi connectivity index (χ0n) is 18.9. The SMILES string of the molecule is [B]c1ccc(NC(=O)c2cc(C)cc(OC)c2NC(=O)c2ccc(C(=N)N(C)C)cc2)nc1. The number of nitrogens with zero attached hydrogens (tertiary/aromatic N) is 2. The van der Waals surface area contributed by atoms with E-state index in [0.29, 0.717) is 34.0 Å². The van der Waals surface area contributed by atoms with E-state index < -0.39 is 11.8 Å². The van der Waals surface area contributed by atoms with Gasteiger partial charge in [-0.05, 0) is 42.8 Å². The van der Waals surface area contributed by atoms with Gasteiger partial charge in [0.1, 0.15) is 25.2 Å². The Balaban J connectivity index is 1.90. The number of hydrogen-bond donors (Lipinski definition) is 3. The fourth-order valence-corrected chi connectivity index (χ4v) is 3.11. The summed E-state index contributed by atoms with van der Waals surface area (Å²) in [6, 6.07) is 13.3. The maximum atomic E-state index is 13.0. The molecule has 3 N–H and O–H groups in total. The summed E-state index contributed by atoms with van der Waals surface area (Å²) in [6.45, 7) is 1.82. The van der Waals surface area contributed by atoms with Crippen LogP contribution in [-0.4, -0.2) is 56.6 Å². The summed E-state index contributed by atoms with van der Waals surface area (Å²) in [7, 11) is 10.7. The van der Waals surface area contributed by atoms with E-state index in [9.17, 15) is 9.59 Å². The van der Waals surface area contributed by atoms with Gasteiger partial charge in [-0.3, -0.25) is 15.0 Å². The maximum absolute atomic E-state index is 13.0. The number of amides is 2. The highest BCUT2D eigenvalue weighted by Crippen LogP contribution is 2.31. The van der Waals surface area contributed by atoms with Crippen LogP contribution in [0.2, 0.25) is 0 Å². The van der Waals surface area contributed by atoms with Gasteiger partial charge in [0.05, 0.1) is 18.4 Å². The number of anilines is 2. The Labute approximate surface area is 193 Å². The predicted molar refractivity (Wildman–Crippen MR) is 130 cm³/mol. The molecule has 0 spiro atoms. The number of methoxy groups -OCH3 is 1. The van der Waals surface area contributed by atoms with Crippen molar-refractivity contribution in [3.8, 4) is 5.75 Å². The molecule has 2 amide bonds. The molecule has 0 aliphatic rings. The molecule has 8 nitrogen and oxygen atoms in total. The molecule has 3 aromatic rings. The number of pyridine rings is 1. The number of ether oxygens (including phenoxy) is 1. The minimum Gasteiger partial charge on any atom is -0.495 e. The number of benzene rings is 2. The number of amidine groups is 1. The van der Waals surface area contributed by atoms with E-state index in [1.165, 1.54) is 13.3 Å². The first kappa shape index (κ1) is 23.5. The lowest BCUT2D eigenvalue weighted by atomic mass is 9.99. The summed E-state index contributed by atoms with van der Waals surface area (Å²) >= 11 is 0. The number of nitrogens with one attached hydrogen (secondary N) is 3. The van der Waals surface area contributed by atoms with Gasteiger partial charge in [0, 0.05) is 31.4 Å². The van der Waals surface area contributed by atoms with Crippen LogP contribution in [0.15, 0.2) is 54.7 Å². The van der Waals surface area contributed by atoms with Gasteiger partial charge in [-0.2, -0.15) is 0 Å². The smallest absolute Gasteiger partial charge is 0.259 e. The first-order valence-corrected chi connectivity index (χ1v) is 10.1. The van der Waals surface area contributed by atoms with Gasteiger partial charge in [0.2, 0.25) is 0 Å². The van der Waals surface area contributed by atoms with Crippen molar-refractivity contribution in [1.82, 2.24) is 9.88 Å². The van der Waals surface area contributed by atoms with Crippen LogP contribution in [-0.2, 0) is 0 Å². The van der Waals surface area contributed by atoms with E-state index in [1.807, 2.05) is 6.92 Å². The lowest BCUT2D eigenvalue weighted by molar-refractivity contribution is 0.102. The van der Waals surface area contributed by atoms with Gasteiger partial charge in [0.25, 0.3) is 11.8 Å². The lowest BCUT2D eigenvalue weighted by Gasteiger charge is -2.17. The molecule has 166 valence electrons. The van der Waals surface area contributed by atoms with Crippen molar-refractivity contribution in [1.29, 1.82) is 5.41 Å². The second-order valence-corrected chi connectivity index (χ2v) is 7.60. The molecule has 0 saturated carbocycles. The van der Waals surface area contributed by atoms with E-state index in [2.05, 4.69) is 15.6 Å². The predicted octanol–water partition coefficient (Wildman–Crippen LogP) is 2.58. The molecule has 0 aliphatic heterocycles. The van der Waals surface area contributed by atoms with Crippen molar-refractivity contribution < 1.29 is 14.3 Å². The topological polar surface area (TPSA) is 107 Å². The van der Waals surface area contributed by atoms with Crippen molar-refractivity contribution >= 4 is 42.5 Å². The fourth-order valence-electron chi connectivity index (χ4n) is 3.11. The Kier molecular flexibility index (Phi) is 7.12. The third-order valence-corrected chi connectivity index (χ3v) is 4.85. The van der Waals surface area contributed by atoms with Crippen LogP contribution in [0.4, 0.5) is 11.5 Å². The van der Waals surface area contributed by atoms with Gasteiger partial charge < -0.3 is 20.3 Å². The van der Waals surface area contributed by atoms with Crippen LogP contribution in [0.5, 0.6) is 5.75 Å². The zero-order chi connectivity index (χ0) is 24.1. The van der Waals surface area contributed by atoms with Crippen molar-refractivity contribution in [2.24, 2.45) is 0 Å². The molecule has 0 fully saturated rings. The molecular weight excluding hydrogens is 417 g/mol. The van der Waals surface area contributed by atoms with Crippen molar-refractivity contribution in [2.45, 2.75) is 6.92 Å². The molecule has 0 saturated heterocycles. The summed E-state index contributed by atoms with van der Waals surface area (Å²) in [6.07, 6.45) is 1.44. The average molecular weight is 441 g/mol. The monoisotopic (exact) mass is 441 g/mol. The van der Waals surface area contributed by atoms with E-state index in [4.69, 9.17) is 18.0 Å². The molecule has 1 heterocycles. The minimum absolute atomic E-state index is 0.227. The van der Waals surface area contributed by atoms with Crippen LogP contribution < -0.4 is 20.8 Å². The normalized spacial score (nSPS) is 10.3. The minimum atomic E-state index is -0.459. The third-order valence-electron chi connectivity index (χ3n) is 4.85. The van der Waals surface area contributed by atoms with E-state index >= 15 is 0 Å². The molecule has 3 rings (SSSR count). The standard InChI is InChI=1S/C24H24BN5O3/c1-14-11-18(24(32)28-20-10-9-17(25)13-27-20)21(19(12-14)33-4)29-23(31)16-7-5-15(6-8-16)22(26)30(2)3/h5-13,26H,1-4H3,(H,29,31)(H,27,28,32). The zero-order valence-corrected chi connectivity index (χ0v) is 18.9. The van der Waals surface area contributed by atoms with Crippen molar-refractivity contribution in [3.05, 3.63) is 77.0 Å². The molecular formula is C24H24BN5O3. The van der Waals surface area contributed by atoms with Crippen molar-refractivity contribution in [2.75, 3.05) is 31.8 Å². The highest BCUT2D eigenvalue weighted by atomic mass is 16.5. The highest BCUT2D eigenvalue weighted by Gasteiger charge is 2.20. The Hall–Kier alpha value is -4.14. The molecule has 0 bridgehead atoms. The molecule has 9 heteroatoms. The molecule has 2 aromatic carbocycles. The van der Waals surface area contributed by atoms with E-state index in [0.717, 1.165) is 5.56 Å². The number of aryl methyl sites for hydroxylation is 1. The largest absolute Gasteiger partial charge is 0.495 e. The Bertz CT molecular complexity index is 1190. The Morgan fingerprint density at radius 2 is 1.67 bits per heavy atom. The molecule has 33 heavy (non-hydrogen) atoms. The number of hydrogen-bond acceptors (Lipinski definition) is 5. The van der Waals surface area contributed by atoms with Crippen LogP contribution in [0, 0.1) is 12.3 Å². The van der Waals surface area contributed by atoms with Gasteiger partial charge >= 0.3 is 0 Å². The fraction of sp³-hybridized carbons (Fsp3) is 0.167. The summed E-state index contributed by atoms with van der Waals surface area (Å²) in [5.74, 6) is 0.132. The second kappa shape index (κ2) is 9.99. The summed E-state index contributed by atoms with van der Waals surface area (Å²) < 4.78 is 5.44. The number of carbonyl (C=O) groups excluding carboxylic acids is 2. The second-order valence-electron chi connectivity index (χ2n) is 7.60. The third kappa shape index (κ3) is 5.57. The molecule has 0 aliphatic carbocycles. The molecule has 1 aromatic heterocycles. The van der Waals surface area contributed by atoms with Gasteiger partial charge in [0.15, 0.2) is 0 Å². The highest BCUT2D eigenvalue weighted by molar-refractivity contribution is 6.32. The Morgan fingerprint density at radius 1 is 1.00 bits per heavy atom. The quantitative estimate of drug-likeness (QED) is 0.310. The average Bonchev–Trinajstić information content (AvgIpc) is 2.80. The number of rotatable bonds is 6. The van der Waals surface area contributed by atoms with Crippen molar-refractivity contribution in [3.63, 3.8) is 0 Å². The van der Waals surface area contributed by atoms with Crippen LogP contribution in [0.1, 0.15) is 31.8 Å². The molecule has 2 radical (unpaired) electrons. The maximum Gasteiger partial charge on any atom is 0.259 e. The first-order valence-electron chi connectivity index (χ1n) is 10.1. The van der Waals surface area contributed by atoms with Gasteiger partial charge in [-0.25, -0.2) is 4.98 Å². The molecule has 0 atom stereocenters. The van der Waals surface area contributed by atoms with Gasteiger partial charge in [-0.1, -0.05) is 23.7 Å². The first-order chi connectivity index (χ1) is 15.7.